The number of thioether (sulfide) groups is 1. The molecule has 0 bridgehead atoms. The van der Waals surface area contributed by atoms with E-state index in [0.717, 1.165) is 19.5 Å². The number of piperidine rings is 1. The van der Waals surface area contributed by atoms with E-state index in [0.29, 0.717) is 5.25 Å². The second kappa shape index (κ2) is 4.19. The van der Waals surface area contributed by atoms with Crippen molar-refractivity contribution in [2.45, 2.75) is 11.7 Å². The van der Waals surface area contributed by atoms with E-state index in [1.54, 1.807) is 0 Å². The maximum absolute atomic E-state index is 12.1. The van der Waals surface area contributed by atoms with Gasteiger partial charge in [-0.1, -0.05) is 0 Å². The van der Waals surface area contributed by atoms with Crippen molar-refractivity contribution in [2.24, 2.45) is 5.92 Å². The highest BCUT2D eigenvalue weighted by Gasteiger charge is 2.20. The van der Waals surface area contributed by atoms with Crippen molar-refractivity contribution in [2.75, 3.05) is 26.0 Å². The minimum Gasteiger partial charge on any atom is -0.315 e. The van der Waals surface area contributed by atoms with Crippen molar-refractivity contribution in [3.8, 4) is 0 Å². The Morgan fingerprint density at radius 3 is 3.00 bits per heavy atom. The molecule has 1 N–H and O–H groups in total. The molecule has 1 nitrogen and oxygen atoms in total. The summed E-state index contributed by atoms with van der Waals surface area (Å²) in [4.78, 5) is 0. The topological polar surface area (TPSA) is 12.0 Å². The third kappa shape index (κ3) is 2.13. The highest BCUT2D eigenvalue weighted by molar-refractivity contribution is 7.99. The van der Waals surface area contributed by atoms with Crippen LogP contribution in [0.3, 0.4) is 0 Å². The van der Waals surface area contributed by atoms with Gasteiger partial charge >= 0.3 is 0 Å². The van der Waals surface area contributed by atoms with Crippen LogP contribution in [0.25, 0.3) is 0 Å². The lowest BCUT2D eigenvalue weighted by Crippen LogP contribution is -2.38. The molecule has 60 valence electrons. The van der Waals surface area contributed by atoms with Crippen molar-refractivity contribution >= 4 is 11.8 Å². The number of hydrogen-bond acceptors (Lipinski definition) is 2. The van der Waals surface area contributed by atoms with E-state index in [9.17, 15) is 4.39 Å². The molecule has 0 aliphatic carbocycles. The smallest absolute Gasteiger partial charge is 0.0935 e. The van der Waals surface area contributed by atoms with Gasteiger partial charge in [-0.3, -0.25) is 4.39 Å². The van der Waals surface area contributed by atoms with Gasteiger partial charge in [0.05, 0.1) is 6.67 Å². The molecule has 2 atom stereocenters. The van der Waals surface area contributed by atoms with Gasteiger partial charge in [-0.15, -0.1) is 0 Å². The standard InChI is InChI=1S/C7H14FNS/c1-10-7-2-6(3-8)4-9-5-7/h6-7,9H,2-5H2,1H3. The zero-order valence-electron chi connectivity index (χ0n) is 6.27. The average Bonchev–Trinajstić information content (AvgIpc) is 2.05. The fourth-order valence-corrected chi connectivity index (χ4v) is 2.03. The van der Waals surface area contributed by atoms with Gasteiger partial charge in [0, 0.05) is 24.3 Å². The van der Waals surface area contributed by atoms with Gasteiger partial charge in [0.25, 0.3) is 0 Å². The summed E-state index contributed by atoms with van der Waals surface area (Å²) in [5.74, 6) is 0.270. The molecule has 1 aliphatic rings. The van der Waals surface area contributed by atoms with Crippen molar-refractivity contribution in [1.29, 1.82) is 0 Å². The van der Waals surface area contributed by atoms with Gasteiger partial charge < -0.3 is 5.32 Å². The Labute approximate surface area is 65.8 Å². The molecule has 0 aromatic carbocycles. The first-order valence-electron chi connectivity index (χ1n) is 3.66. The van der Waals surface area contributed by atoms with Crippen LogP contribution in [0.15, 0.2) is 0 Å². The molecule has 1 saturated heterocycles. The first-order valence-corrected chi connectivity index (χ1v) is 4.95. The van der Waals surface area contributed by atoms with Crippen molar-refractivity contribution < 1.29 is 4.39 Å². The van der Waals surface area contributed by atoms with Crippen LogP contribution in [-0.2, 0) is 0 Å². The molecule has 0 radical (unpaired) electrons. The van der Waals surface area contributed by atoms with Crippen LogP contribution in [0.2, 0.25) is 0 Å². The average molecular weight is 163 g/mol. The summed E-state index contributed by atoms with van der Waals surface area (Å²) in [6.45, 7) is 1.76. The Kier molecular flexibility index (Phi) is 3.49. The molecule has 0 amide bonds. The Bertz CT molecular complexity index is 89.6. The minimum atomic E-state index is -0.163. The van der Waals surface area contributed by atoms with E-state index in [4.69, 9.17) is 0 Å². The molecule has 0 spiro atoms. The molecular formula is C7H14FNS. The zero-order chi connectivity index (χ0) is 7.40. The number of rotatable bonds is 2. The molecule has 0 saturated carbocycles. The molecule has 3 heteroatoms. The minimum absolute atomic E-state index is 0.163. The summed E-state index contributed by atoms with van der Waals surface area (Å²) in [6.07, 6.45) is 3.14. The summed E-state index contributed by atoms with van der Waals surface area (Å²) in [6, 6.07) is 0. The predicted molar refractivity (Wildman–Crippen MR) is 44.3 cm³/mol. The number of alkyl halides is 1. The van der Waals surface area contributed by atoms with Crippen molar-refractivity contribution in [3.63, 3.8) is 0 Å². The second-order valence-corrected chi connectivity index (χ2v) is 3.91. The van der Waals surface area contributed by atoms with Gasteiger partial charge in [-0.25, -0.2) is 0 Å². The second-order valence-electron chi connectivity index (χ2n) is 2.77. The van der Waals surface area contributed by atoms with Crippen LogP contribution in [0, 0.1) is 5.92 Å². The summed E-state index contributed by atoms with van der Waals surface area (Å²) in [7, 11) is 0. The van der Waals surface area contributed by atoms with Gasteiger partial charge in [0.15, 0.2) is 0 Å². The summed E-state index contributed by atoms with van der Waals surface area (Å²) >= 11 is 1.84. The highest BCUT2D eigenvalue weighted by atomic mass is 32.2. The monoisotopic (exact) mass is 163 g/mol. The zero-order valence-corrected chi connectivity index (χ0v) is 7.09. The van der Waals surface area contributed by atoms with Crippen molar-refractivity contribution in [3.05, 3.63) is 0 Å². The SMILES string of the molecule is CSC1CNCC(CF)C1. The summed E-state index contributed by atoms with van der Waals surface area (Å²) in [5.41, 5.74) is 0. The van der Waals surface area contributed by atoms with E-state index >= 15 is 0 Å². The summed E-state index contributed by atoms with van der Waals surface area (Å²) in [5, 5.41) is 3.86. The third-order valence-electron chi connectivity index (χ3n) is 1.95. The third-order valence-corrected chi connectivity index (χ3v) is 2.98. The van der Waals surface area contributed by atoms with Gasteiger partial charge in [0.1, 0.15) is 0 Å². The Balaban J connectivity index is 2.25. The molecule has 0 aromatic rings. The van der Waals surface area contributed by atoms with Crippen LogP contribution in [-0.4, -0.2) is 31.3 Å². The van der Waals surface area contributed by atoms with E-state index < -0.39 is 0 Å². The maximum atomic E-state index is 12.1. The van der Waals surface area contributed by atoms with Crippen molar-refractivity contribution in [1.82, 2.24) is 5.32 Å². The molecule has 1 aliphatic heterocycles. The van der Waals surface area contributed by atoms with E-state index in [1.807, 2.05) is 11.8 Å². The van der Waals surface area contributed by atoms with Crippen LogP contribution in [0.1, 0.15) is 6.42 Å². The molecule has 1 fully saturated rings. The van der Waals surface area contributed by atoms with Gasteiger partial charge in [0.2, 0.25) is 0 Å². The molecular weight excluding hydrogens is 149 g/mol. The highest BCUT2D eigenvalue weighted by Crippen LogP contribution is 2.19. The first-order chi connectivity index (χ1) is 4.86. The van der Waals surface area contributed by atoms with E-state index in [2.05, 4.69) is 11.6 Å². The largest absolute Gasteiger partial charge is 0.315 e. The fourth-order valence-electron chi connectivity index (χ4n) is 1.28. The first kappa shape index (κ1) is 8.34. The van der Waals surface area contributed by atoms with E-state index in [-0.39, 0.29) is 12.6 Å². The Morgan fingerprint density at radius 1 is 1.60 bits per heavy atom. The van der Waals surface area contributed by atoms with Crippen LogP contribution >= 0.6 is 11.8 Å². The van der Waals surface area contributed by atoms with E-state index in [1.165, 1.54) is 0 Å². The molecule has 2 unspecified atom stereocenters. The molecule has 0 aromatic heterocycles. The maximum Gasteiger partial charge on any atom is 0.0935 e. The lowest BCUT2D eigenvalue weighted by molar-refractivity contribution is 0.300. The summed E-state index contributed by atoms with van der Waals surface area (Å²) < 4.78 is 12.1. The molecule has 10 heavy (non-hydrogen) atoms. The van der Waals surface area contributed by atoms with Gasteiger partial charge in [-0.05, 0) is 12.7 Å². The van der Waals surface area contributed by atoms with Crippen LogP contribution in [0.5, 0.6) is 0 Å². The Morgan fingerprint density at radius 2 is 2.40 bits per heavy atom. The molecule has 1 heterocycles. The predicted octanol–water partition coefficient (Wildman–Crippen LogP) is 1.30. The number of halogens is 1. The van der Waals surface area contributed by atoms with Crippen LogP contribution < -0.4 is 5.32 Å². The quantitative estimate of drug-likeness (QED) is 0.658. The molecule has 1 rings (SSSR count). The van der Waals surface area contributed by atoms with Crippen LogP contribution in [0.4, 0.5) is 4.39 Å². The fraction of sp³-hybridized carbons (Fsp3) is 1.00. The van der Waals surface area contributed by atoms with Gasteiger partial charge in [-0.2, -0.15) is 11.8 Å². The number of nitrogens with one attached hydrogen (secondary N) is 1. The lowest BCUT2D eigenvalue weighted by Gasteiger charge is -2.26. The number of hydrogen-bond donors (Lipinski definition) is 1. The Hall–Kier alpha value is 0.240. The lowest BCUT2D eigenvalue weighted by atomic mass is 10.0. The normalized spacial score (nSPS) is 34.2.